The van der Waals surface area contributed by atoms with Crippen LogP contribution in [-0.4, -0.2) is 97.8 Å². The number of hydrogen-bond donors (Lipinski definition) is 0. The molecule has 0 spiro atoms. The van der Waals surface area contributed by atoms with E-state index in [4.69, 9.17) is 0 Å². The molecule has 0 N–H and O–H groups in total. The van der Waals surface area contributed by atoms with E-state index in [1.165, 1.54) is 122 Å². The van der Waals surface area contributed by atoms with Crippen molar-refractivity contribution >= 4 is 11.8 Å². The normalized spacial score (nSPS) is 17.7. The summed E-state index contributed by atoms with van der Waals surface area (Å²) in [6.07, 6.45) is 28.4. The molecule has 2 amide bonds. The molecule has 6 heteroatoms. The summed E-state index contributed by atoms with van der Waals surface area (Å²) < 4.78 is 1.89. The standard InChI is InChI=1S/C35H70N4O2/c1-5-6-7-8-9-10-11-12-13-14-15-16-17-18-19-20-30-39(4,33-37-28-24-26-35(37)41)31-22-21-29-38(2,3)32-36-27-23-25-34(36)40/h5-33H2,1-4H3/q+2. The molecule has 2 heterocycles. The molecule has 0 aromatic rings. The number of carbonyl (C=O) groups excluding carboxylic acids is 2. The first-order chi connectivity index (χ1) is 19.7. The maximum absolute atomic E-state index is 12.4. The molecule has 2 fully saturated rings. The fourth-order valence-electron chi connectivity index (χ4n) is 6.98. The van der Waals surface area contributed by atoms with Crippen LogP contribution in [0.2, 0.25) is 0 Å². The number of carbonyl (C=O) groups is 2. The Kier molecular flexibility index (Phi) is 18.2. The molecule has 2 aliphatic heterocycles. The quantitative estimate of drug-likeness (QED) is 0.0779. The van der Waals surface area contributed by atoms with Crippen molar-refractivity contribution in [1.82, 2.24) is 9.80 Å². The lowest BCUT2D eigenvalue weighted by Gasteiger charge is -2.38. The van der Waals surface area contributed by atoms with E-state index in [0.29, 0.717) is 11.8 Å². The molecule has 1 atom stereocenters. The lowest BCUT2D eigenvalue weighted by Crippen LogP contribution is -2.53. The van der Waals surface area contributed by atoms with Crippen molar-refractivity contribution in [3.63, 3.8) is 0 Å². The van der Waals surface area contributed by atoms with Gasteiger partial charge in [-0.05, 0) is 25.7 Å². The number of quaternary nitrogens is 2. The van der Waals surface area contributed by atoms with Gasteiger partial charge < -0.3 is 8.97 Å². The van der Waals surface area contributed by atoms with Gasteiger partial charge in [-0.25, -0.2) is 0 Å². The summed E-state index contributed by atoms with van der Waals surface area (Å²) in [7, 11) is 6.91. The minimum absolute atomic E-state index is 0.328. The Balaban J connectivity index is 1.57. The highest BCUT2D eigenvalue weighted by Gasteiger charge is 2.31. The van der Waals surface area contributed by atoms with Gasteiger partial charge in [0.25, 0.3) is 0 Å². The predicted molar refractivity (Wildman–Crippen MR) is 173 cm³/mol. The van der Waals surface area contributed by atoms with Gasteiger partial charge in [-0.1, -0.05) is 96.8 Å². The predicted octanol–water partition coefficient (Wildman–Crippen LogP) is 7.71. The van der Waals surface area contributed by atoms with Crippen LogP contribution in [0.4, 0.5) is 0 Å². The first-order valence-corrected chi connectivity index (χ1v) is 18.0. The lowest BCUT2D eigenvalue weighted by atomic mass is 10.0. The van der Waals surface area contributed by atoms with Gasteiger partial charge in [0.15, 0.2) is 13.3 Å². The van der Waals surface area contributed by atoms with E-state index >= 15 is 0 Å². The third-order valence-corrected chi connectivity index (χ3v) is 9.67. The molecule has 0 aromatic heterocycles. The monoisotopic (exact) mass is 579 g/mol. The Morgan fingerprint density at radius 3 is 1.29 bits per heavy atom. The Morgan fingerprint density at radius 2 is 0.878 bits per heavy atom. The summed E-state index contributed by atoms with van der Waals surface area (Å²) >= 11 is 0. The summed E-state index contributed by atoms with van der Waals surface area (Å²) in [5.41, 5.74) is 0. The van der Waals surface area contributed by atoms with Crippen LogP contribution in [0.1, 0.15) is 148 Å². The van der Waals surface area contributed by atoms with Gasteiger partial charge in [-0.3, -0.25) is 19.4 Å². The van der Waals surface area contributed by atoms with Crippen LogP contribution < -0.4 is 0 Å². The summed E-state index contributed by atoms with van der Waals surface area (Å²) in [6.45, 7) is 9.32. The fourth-order valence-corrected chi connectivity index (χ4v) is 6.98. The van der Waals surface area contributed by atoms with Crippen molar-refractivity contribution in [2.45, 2.75) is 148 Å². The zero-order valence-corrected chi connectivity index (χ0v) is 28.1. The van der Waals surface area contributed by atoms with Crippen molar-refractivity contribution in [3.8, 4) is 0 Å². The van der Waals surface area contributed by atoms with Gasteiger partial charge in [0, 0.05) is 38.8 Å². The molecule has 0 aromatic carbocycles. The van der Waals surface area contributed by atoms with E-state index in [-0.39, 0.29) is 0 Å². The van der Waals surface area contributed by atoms with Gasteiger partial charge in [-0.2, -0.15) is 0 Å². The fraction of sp³-hybridized carbons (Fsp3) is 0.943. The minimum atomic E-state index is 0.328. The number of nitrogens with zero attached hydrogens (tertiary/aromatic N) is 4. The second-order valence-corrected chi connectivity index (χ2v) is 14.5. The van der Waals surface area contributed by atoms with Crippen LogP contribution in [0.15, 0.2) is 0 Å². The molecule has 240 valence electrons. The maximum atomic E-state index is 12.4. The average molecular weight is 579 g/mol. The highest BCUT2D eigenvalue weighted by atomic mass is 16.2. The number of likely N-dealkylation sites (tertiary alicyclic amines) is 2. The zero-order valence-electron chi connectivity index (χ0n) is 28.1. The van der Waals surface area contributed by atoms with E-state index in [2.05, 4.69) is 37.9 Å². The second-order valence-electron chi connectivity index (χ2n) is 14.5. The van der Waals surface area contributed by atoms with E-state index in [9.17, 15) is 9.59 Å². The molecule has 2 rings (SSSR count). The Morgan fingerprint density at radius 1 is 0.512 bits per heavy atom. The smallest absolute Gasteiger partial charge is 0.226 e. The number of rotatable bonds is 26. The molecule has 0 aliphatic carbocycles. The Labute approximate surface area is 255 Å². The largest absolute Gasteiger partial charge is 0.311 e. The summed E-state index contributed by atoms with van der Waals surface area (Å²) in [4.78, 5) is 28.7. The van der Waals surface area contributed by atoms with Crippen molar-refractivity contribution in [2.24, 2.45) is 0 Å². The third kappa shape index (κ3) is 16.3. The molecule has 41 heavy (non-hydrogen) atoms. The summed E-state index contributed by atoms with van der Waals surface area (Å²) in [6, 6.07) is 0. The van der Waals surface area contributed by atoms with Crippen LogP contribution in [0.3, 0.4) is 0 Å². The van der Waals surface area contributed by atoms with Crippen molar-refractivity contribution in [2.75, 3.05) is 67.2 Å². The van der Waals surface area contributed by atoms with Crippen LogP contribution in [0, 0.1) is 0 Å². The molecule has 2 saturated heterocycles. The van der Waals surface area contributed by atoms with Crippen molar-refractivity contribution in [1.29, 1.82) is 0 Å². The van der Waals surface area contributed by atoms with E-state index < -0.39 is 0 Å². The number of amides is 2. The van der Waals surface area contributed by atoms with Gasteiger partial charge in [0.1, 0.15) is 0 Å². The van der Waals surface area contributed by atoms with Crippen LogP contribution in [0.25, 0.3) is 0 Å². The van der Waals surface area contributed by atoms with Crippen molar-refractivity contribution < 1.29 is 18.6 Å². The number of hydrogen-bond acceptors (Lipinski definition) is 2. The van der Waals surface area contributed by atoms with Gasteiger partial charge in [-0.15, -0.1) is 0 Å². The highest BCUT2D eigenvalue weighted by molar-refractivity contribution is 5.78. The van der Waals surface area contributed by atoms with Crippen LogP contribution >= 0.6 is 0 Å². The van der Waals surface area contributed by atoms with Crippen molar-refractivity contribution in [3.05, 3.63) is 0 Å². The van der Waals surface area contributed by atoms with E-state index in [1.54, 1.807) is 0 Å². The maximum Gasteiger partial charge on any atom is 0.226 e. The van der Waals surface area contributed by atoms with Crippen LogP contribution in [0.5, 0.6) is 0 Å². The minimum Gasteiger partial charge on any atom is -0.311 e. The first-order valence-electron chi connectivity index (χ1n) is 18.0. The average Bonchev–Trinajstić information content (AvgIpc) is 3.52. The second kappa shape index (κ2) is 20.7. The van der Waals surface area contributed by atoms with Gasteiger partial charge in [0.2, 0.25) is 11.8 Å². The van der Waals surface area contributed by atoms with Gasteiger partial charge >= 0.3 is 0 Å². The summed E-state index contributed by atoms with van der Waals surface area (Å²) in [5, 5.41) is 0. The molecular formula is C35H70N4O2+2. The molecule has 2 aliphatic rings. The topological polar surface area (TPSA) is 40.6 Å². The lowest BCUT2D eigenvalue weighted by molar-refractivity contribution is -0.919. The molecule has 6 nitrogen and oxygen atoms in total. The molecule has 1 unspecified atom stereocenters. The third-order valence-electron chi connectivity index (χ3n) is 9.67. The number of unbranched alkanes of at least 4 members (excludes halogenated alkanes) is 16. The first kappa shape index (κ1) is 36.1. The van der Waals surface area contributed by atoms with E-state index in [1.807, 2.05) is 0 Å². The Hall–Kier alpha value is -1.14. The molecular weight excluding hydrogens is 508 g/mol. The molecule has 0 bridgehead atoms. The highest BCUT2D eigenvalue weighted by Crippen LogP contribution is 2.19. The van der Waals surface area contributed by atoms with Gasteiger partial charge in [0.05, 0.1) is 40.8 Å². The van der Waals surface area contributed by atoms with E-state index in [0.717, 1.165) is 74.2 Å². The molecule has 0 radical (unpaired) electrons. The Bertz CT molecular complexity index is 712. The van der Waals surface area contributed by atoms with Crippen LogP contribution in [-0.2, 0) is 9.59 Å². The summed E-state index contributed by atoms with van der Waals surface area (Å²) in [5.74, 6) is 0.684. The molecule has 0 saturated carbocycles. The SMILES string of the molecule is CCCCCCCCCCCCCCCCCC[N+](C)(CCCC[N+](C)(C)CN1CCCC1=O)CN1CCCC1=O. The zero-order chi connectivity index (χ0) is 29.8.